The van der Waals surface area contributed by atoms with Crippen molar-refractivity contribution in [3.8, 4) is 0 Å². The monoisotopic (exact) mass is 242 g/mol. The average molecular weight is 243 g/mol. The zero-order valence-corrected chi connectivity index (χ0v) is 9.55. The lowest BCUT2D eigenvalue weighted by Gasteiger charge is -2.19. The van der Waals surface area contributed by atoms with Gasteiger partial charge >= 0.3 is 0 Å². The fourth-order valence-electron chi connectivity index (χ4n) is 2.98. The lowest BCUT2D eigenvalue weighted by molar-refractivity contribution is 0.456. The highest BCUT2D eigenvalue weighted by atomic mass is 35.5. The molecule has 0 nitrogen and oxygen atoms in total. The van der Waals surface area contributed by atoms with Crippen LogP contribution in [0.2, 0.25) is 0 Å². The van der Waals surface area contributed by atoms with Gasteiger partial charge in [0.15, 0.2) is 0 Å². The predicted molar refractivity (Wildman–Crippen MR) is 59.3 cm³/mol. The first kappa shape index (κ1) is 10.5. The smallest absolute Gasteiger partial charge is 0.128 e. The predicted octanol–water partition coefficient (Wildman–Crippen LogP) is 4.29. The summed E-state index contributed by atoms with van der Waals surface area (Å²) in [6.45, 7) is 0. The highest BCUT2D eigenvalue weighted by molar-refractivity contribution is 6.21. The minimum Gasteiger partial charge on any atom is -0.207 e. The molecule has 0 heterocycles. The molecule has 3 heteroatoms. The zero-order chi connectivity index (χ0) is 11.3. The maximum atomic E-state index is 13.5. The summed E-state index contributed by atoms with van der Waals surface area (Å²) in [4.78, 5) is 0. The maximum Gasteiger partial charge on any atom is 0.128 e. The summed E-state index contributed by atoms with van der Waals surface area (Å²) in [7, 11) is 0. The Labute approximate surface area is 98.6 Å². The highest BCUT2D eigenvalue weighted by Crippen LogP contribution is 2.58. The standard InChI is InChI=1S/C13H13ClF2/c14-13(9-4-7-3-8(7)5-9)11-6-10(15)1-2-12(11)16/h1-2,6-9,13H,3-5H2. The van der Waals surface area contributed by atoms with Gasteiger partial charge in [0.25, 0.3) is 0 Å². The van der Waals surface area contributed by atoms with Crippen LogP contribution in [0.3, 0.4) is 0 Å². The minimum atomic E-state index is -0.412. The molecule has 0 aliphatic heterocycles. The first-order valence-corrected chi connectivity index (χ1v) is 6.18. The normalized spacial score (nSPS) is 33.6. The Morgan fingerprint density at radius 1 is 1.12 bits per heavy atom. The third-order valence-corrected chi connectivity index (χ3v) is 4.54. The van der Waals surface area contributed by atoms with Gasteiger partial charge in [-0.3, -0.25) is 0 Å². The fraction of sp³-hybridized carbons (Fsp3) is 0.538. The van der Waals surface area contributed by atoms with Gasteiger partial charge in [0.05, 0.1) is 5.38 Å². The number of rotatable bonds is 2. The van der Waals surface area contributed by atoms with Gasteiger partial charge < -0.3 is 0 Å². The summed E-state index contributed by atoms with van der Waals surface area (Å²) in [5.41, 5.74) is 0.327. The Morgan fingerprint density at radius 2 is 1.81 bits per heavy atom. The quantitative estimate of drug-likeness (QED) is 0.679. The molecule has 0 spiro atoms. The van der Waals surface area contributed by atoms with Gasteiger partial charge in [-0.15, -0.1) is 11.6 Å². The Hall–Kier alpha value is -0.630. The van der Waals surface area contributed by atoms with Gasteiger partial charge in [-0.25, -0.2) is 8.78 Å². The van der Waals surface area contributed by atoms with Crippen molar-refractivity contribution in [2.75, 3.05) is 0 Å². The van der Waals surface area contributed by atoms with Crippen LogP contribution < -0.4 is 0 Å². The van der Waals surface area contributed by atoms with E-state index in [1.54, 1.807) is 0 Å². The molecule has 0 amide bonds. The molecule has 0 bridgehead atoms. The maximum absolute atomic E-state index is 13.5. The van der Waals surface area contributed by atoms with Crippen LogP contribution >= 0.6 is 11.6 Å². The molecule has 0 radical (unpaired) electrons. The van der Waals surface area contributed by atoms with E-state index < -0.39 is 5.82 Å². The second kappa shape index (κ2) is 3.69. The zero-order valence-electron chi connectivity index (χ0n) is 8.80. The summed E-state index contributed by atoms with van der Waals surface area (Å²) in [5.74, 6) is 1.14. The van der Waals surface area contributed by atoms with Crippen LogP contribution in [0, 0.1) is 29.4 Å². The minimum absolute atomic E-state index is 0.321. The number of alkyl halides is 1. The molecular weight excluding hydrogens is 230 g/mol. The first-order chi connectivity index (χ1) is 7.65. The Balaban J connectivity index is 1.82. The van der Waals surface area contributed by atoms with Gasteiger partial charge in [0.1, 0.15) is 11.6 Å². The Kier molecular flexibility index (Phi) is 2.43. The van der Waals surface area contributed by atoms with Crippen LogP contribution in [0.15, 0.2) is 18.2 Å². The molecule has 3 unspecified atom stereocenters. The van der Waals surface area contributed by atoms with Crippen molar-refractivity contribution in [2.24, 2.45) is 17.8 Å². The topological polar surface area (TPSA) is 0 Å². The molecule has 2 saturated carbocycles. The summed E-state index contributed by atoms with van der Waals surface area (Å²) in [6.07, 6.45) is 3.47. The summed E-state index contributed by atoms with van der Waals surface area (Å²) >= 11 is 6.27. The molecule has 86 valence electrons. The van der Waals surface area contributed by atoms with Crippen molar-refractivity contribution in [1.29, 1.82) is 0 Å². The second-order valence-corrected chi connectivity index (χ2v) is 5.53. The van der Waals surface area contributed by atoms with E-state index in [0.29, 0.717) is 11.5 Å². The van der Waals surface area contributed by atoms with E-state index in [1.807, 2.05) is 0 Å². The number of hydrogen-bond acceptors (Lipinski definition) is 0. The van der Waals surface area contributed by atoms with Crippen LogP contribution in [0.25, 0.3) is 0 Å². The van der Waals surface area contributed by atoms with Gasteiger partial charge in [0.2, 0.25) is 0 Å². The number of hydrogen-bond donors (Lipinski definition) is 0. The lowest BCUT2D eigenvalue weighted by Crippen LogP contribution is -2.08. The Bertz CT molecular complexity index is 408. The average Bonchev–Trinajstić information content (AvgIpc) is 2.88. The number of benzene rings is 1. The van der Waals surface area contributed by atoms with Crippen LogP contribution in [-0.2, 0) is 0 Å². The third-order valence-electron chi connectivity index (χ3n) is 3.95. The largest absolute Gasteiger partial charge is 0.207 e. The van der Waals surface area contributed by atoms with E-state index in [1.165, 1.54) is 12.5 Å². The van der Waals surface area contributed by atoms with E-state index >= 15 is 0 Å². The van der Waals surface area contributed by atoms with Crippen LogP contribution in [0.1, 0.15) is 30.2 Å². The molecule has 2 fully saturated rings. The molecule has 2 aliphatic carbocycles. The van der Waals surface area contributed by atoms with Crippen molar-refractivity contribution >= 4 is 11.6 Å². The molecule has 1 aromatic carbocycles. The first-order valence-electron chi connectivity index (χ1n) is 5.74. The van der Waals surface area contributed by atoms with Gasteiger partial charge in [-0.1, -0.05) is 0 Å². The van der Waals surface area contributed by atoms with Crippen LogP contribution in [0.5, 0.6) is 0 Å². The number of fused-ring (bicyclic) bond motifs is 1. The van der Waals surface area contributed by atoms with Crippen molar-refractivity contribution < 1.29 is 8.78 Å². The summed E-state index contributed by atoms with van der Waals surface area (Å²) < 4.78 is 26.6. The molecule has 0 N–H and O–H groups in total. The molecule has 0 aromatic heterocycles. The van der Waals surface area contributed by atoms with E-state index in [-0.39, 0.29) is 11.2 Å². The molecule has 3 rings (SSSR count). The van der Waals surface area contributed by atoms with Crippen molar-refractivity contribution in [3.05, 3.63) is 35.4 Å². The fourth-order valence-corrected chi connectivity index (χ4v) is 3.35. The molecule has 2 aliphatic rings. The van der Waals surface area contributed by atoms with E-state index in [0.717, 1.165) is 36.8 Å². The molecular formula is C13H13ClF2. The number of halogens is 3. The van der Waals surface area contributed by atoms with Crippen LogP contribution in [-0.4, -0.2) is 0 Å². The van der Waals surface area contributed by atoms with Crippen molar-refractivity contribution in [1.82, 2.24) is 0 Å². The third kappa shape index (κ3) is 1.73. The molecule has 3 atom stereocenters. The van der Waals surface area contributed by atoms with Gasteiger partial charge in [-0.2, -0.15) is 0 Å². The Morgan fingerprint density at radius 3 is 2.50 bits per heavy atom. The molecule has 1 aromatic rings. The summed E-state index contributed by atoms with van der Waals surface area (Å²) in [6, 6.07) is 3.53. The van der Waals surface area contributed by atoms with Gasteiger partial charge in [0, 0.05) is 5.56 Å². The van der Waals surface area contributed by atoms with E-state index in [4.69, 9.17) is 11.6 Å². The van der Waals surface area contributed by atoms with E-state index in [9.17, 15) is 8.78 Å². The van der Waals surface area contributed by atoms with Crippen molar-refractivity contribution in [2.45, 2.75) is 24.6 Å². The lowest BCUT2D eigenvalue weighted by atomic mass is 9.94. The highest BCUT2D eigenvalue weighted by Gasteiger charge is 2.48. The van der Waals surface area contributed by atoms with Crippen molar-refractivity contribution in [3.63, 3.8) is 0 Å². The molecule has 16 heavy (non-hydrogen) atoms. The van der Waals surface area contributed by atoms with Gasteiger partial charge in [-0.05, 0) is 55.2 Å². The van der Waals surface area contributed by atoms with Crippen LogP contribution in [0.4, 0.5) is 8.78 Å². The van der Waals surface area contributed by atoms with E-state index in [2.05, 4.69) is 0 Å². The SMILES string of the molecule is Fc1ccc(F)c(C(Cl)C2CC3CC3C2)c1. The molecule has 0 saturated heterocycles. The second-order valence-electron chi connectivity index (χ2n) is 5.05. The summed E-state index contributed by atoms with van der Waals surface area (Å²) in [5, 5.41) is -0.372.